The Morgan fingerprint density at radius 3 is 2.10 bits per heavy atom. The molecule has 1 aliphatic heterocycles. The quantitative estimate of drug-likeness (QED) is 0.604. The third kappa shape index (κ3) is 3.75. The van der Waals surface area contributed by atoms with Crippen molar-refractivity contribution in [1.82, 2.24) is 4.90 Å². The van der Waals surface area contributed by atoms with Gasteiger partial charge in [0, 0.05) is 13.1 Å². The van der Waals surface area contributed by atoms with E-state index in [4.69, 9.17) is 0 Å². The van der Waals surface area contributed by atoms with E-state index in [0.717, 1.165) is 37.3 Å². The van der Waals surface area contributed by atoms with Crippen LogP contribution in [0.15, 0.2) is 54.6 Å². The Morgan fingerprint density at radius 1 is 0.933 bits per heavy atom. The zero-order valence-electron chi connectivity index (χ0n) is 17.5. The van der Waals surface area contributed by atoms with Crippen LogP contribution in [-0.2, 0) is 21.8 Å². The van der Waals surface area contributed by atoms with Crippen LogP contribution >= 0.6 is 0 Å². The second-order valence-electron chi connectivity index (χ2n) is 9.31. The molecule has 160 valence electrons. The van der Waals surface area contributed by atoms with Gasteiger partial charge in [-0.1, -0.05) is 62.4 Å². The van der Waals surface area contributed by atoms with Gasteiger partial charge in [-0.05, 0) is 54.2 Å². The molecule has 0 N–H and O–H groups in total. The molecule has 0 aromatic heterocycles. The van der Waals surface area contributed by atoms with Crippen molar-refractivity contribution >= 4 is 5.91 Å². The predicted molar refractivity (Wildman–Crippen MR) is 111 cm³/mol. The van der Waals surface area contributed by atoms with E-state index in [9.17, 15) is 18.0 Å². The first-order chi connectivity index (χ1) is 14.1. The molecule has 0 radical (unpaired) electrons. The van der Waals surface area contributed by atoms with Crippen molar-refractivity contribution in [3.63, 3.8) is 0 Å². The van der Waals surface area contributed by atoms with Crippen LogP contribution in [-0.4, -0.2) is 23.9 Å². The lowest BCUT2D eigenvalue weighted by Crippen LogP contribution is -2.46. The topological polar surface area (TPSA) is 20.3 Å². The molecular weight excluding hydrogens is 387 g/mol. The van der Waals surface area contributed by atoms with E-state index in [1.807, 2.05) is 49.1 Å². The zero-order valence-corrected chi connectivity index (χ0v) is 17.5. The molecule has 1 saturated heterocycles. The minimum Gasteiger partial charge on any atom is -0.342 e. The van der Waals surface area contributed by atoms with E-state index in [-0.39, 0.29) is 22.7 Å². The molecule has 2 aromatic rings. The third-order valence-electron chi connectivity index (χ3n) is 7.22. The Hall–Kier alpha value is -2.30. The van der Waals surface area contributed by atoms with Gasteiger partial charge in [0.1, 0.15) is 0 Å². The van der Waals surface area contributed by atoms with Gasteiger partial charge in [0.15, 0.2) is 0 Å². The van der Waals surface area contributed by atoms with Gasteiger partial charge in [-0.2, -0.15) is 13.2 Å². The van der Waals surface area contributed by atoms with Crippen molar-refractivity contribution in [2.45, 2.75) is 56.5 Å². The fourth-order valence-electron chi connectivity index (χ4n) is 4.95. The maximum atomic E-state index is 13.3. The molecule has 30 heavy (non-hydrogen) atoms. The normalized spacial score (nSPS) is 19.6. The smallest absolute Gasteiger partial charge is 0.342 e. The number of carbonyl (C=O) groups is 1. The molecule has 0 atom stereocenters. The number of carbonyl (C=O) groups excluding carboxylic acids is 1. The number of rotatable bonds is 4. The highest BCUT2D eigenvalue weighted by Crippen LogP contribution is 2.50. The minimum atomic E-state index is -4.34. The van der Waals surface area contributed by atoms with Crippen molar-refractivity contribution in [1.29, 1.82) is 0 Å². The highest BCUT2D eigenvalue weighted by molar-refractivity contribution is 5.91. The van der Waals surface area contributed by atoms with Crippen molar-refractivity contribution in [3.05, 3.63) is 71.3 Å². The first-order valence-electron chi connectivity index (χ1n) is 10.7. The Balaban J connectivity index is 1.45. The number of hydrogen-bond donors (Lipinski definition) is 0. The van der Waals surface area contributed by atoms with Crippen molar-refractivity contribution < 1.29 is 18.0 Å². The summed E-state index contributed by atoms with van der Waals surface area (Å²) in [5.74, 6) is 0.445. The molecule has 4 rings (SSSR count). The van der Waals surface area contributed by atoms with Gasteiger partial charge in [-0.15, -0.1) is 0 Å². The fraction of sp³-hybridized carbons (Fsp3) is 0.480. The minimum absolute atomic E-state index is 0.212. The maximum Gasteiger partial charge on any atom is 0.416 e. The van der Waals surface area contributed by atoms with Crippen molar-refractivity contribution in [3.8, 4) is 0 Å². The van der Waals surface area contributed by atoms with Crippen LogP contribution in [0.25, 0.3) is 0 Å². The Morgan fingerprint density at radius 2 is 1.53 bits per heavy atom. The van der Waals surface area contributed by atoms with Gasteiger partial charge in [-0.25, -0.2) is 0 Å². The molecule has 0 spiro atoms. The summed E-state index contributed by atoms with van der Waals surface area (Å²) in [4.78, 5) is 15.2. The monoisotopic (exact) mass is 415 g/mol. The van der Waals surface area contributed by atoms with Crippen LogP contribution < -0.4 is 0 Å². The average Bonchev–Trinajstić information content (AvgIpc) is 3.55. The lowest BCUT2D eigenvalue weighted by Gasteiger charge is -2.42. The molecule has 1 saturated carbocycles. The second-order valence-corrected chi connectivity index (χ2v) is 9.31. The molecule has 1 aliphatic carbocycles. The van der Waals surface area contributed by atoms with Crippen LogP contribution in [0, 0.1) is 5.92 Å². The summed E-state index contributed by atoms with van der Waals surface area (Å²) < 4.78 is 39.5. The van der Waals surface area contributed by atoms with Crippen molar-refractivity contribution in [2.75, 3.05) is 13.1 Å². The van der Waals surface area contributed by atoms with Crippen LogP contribution in [0.4, 0.5) is 13.2 Å². The summed E-state index contributed by atoms with van der Waals surface area (Å²) in [7, 11) is 0. The Kier molecular flexibility index (Phi) is 5.19. The molecule has 2 aliphatic rings. The molecule has 1 heterocycles. The summed E-state index contributed by atoms with van der Waals surface area (Å²) in [6, 6.07) is 15.7. The Labute approximate surface area is 176 Å². The highest BCUT2D eigenvalue weighted by Gasteiger charge is 2.53. The van der Waals surface area contributed by atoms with Gasteiger partial charge in [0.05, 0.1) is 11.0 Å². The summed E-state index contributed by atoms with van der Waals surface area (Å²) in [6.07, 6.45) is -0.936. The number of amides is 1. The SMILES string of the molecule is CC(C)(c1cccc(C(F)(F)F)c1)C1CCN(C(=O)C2(c3ccccc3)CC2)CC1. The first kappa shape index (κ1) is 21.0. The average molecular weight is 415 g/mol. The summed E-state index contributed by atoms with van der Waals surface area (Å²) in [6.45, 7) is 5.38. The number of benzene rings is 2. The van der Waals surface area contributed by atoms with E-state index in [0.29, 0.717) is 18.7 Å². The summed E-state index contributed by atoms with van der Waals surface area (Å²) in [5, 5.41) is 0. The van der Waals surface area contributed by atoms with Gasteiger partial charge in [0.25, 0.3) is 0 Å². The molecule has 2 nitrogen and oxygen atoms in total. The largest absolute Gasteiger partial charge is 0.416 e. The summed E-state index contributed by atoms with van der Waals surface area (Å²) >= 11 is 0. The van der Waals surface area contributed by atoms with E-state index in [1.54, 1.807) is 6.07 Å². The van der Waals surface area contributed by atoms with E-state index < -0.39 is 11.7 Å². The van der Waals surface area contributed by atoms with E-state index >= 15 is 0 Å². The van der Waals surface area contributed by atoms with Crippen LogP contribution in [0.3, 0.4) is 0 Å². The lowest BCUT2D eigenvalue weighted by molar-refractivity contribution is -0.138. The fourth-order valence-corrected chi connectivity index (χ4v) is 4.95. The number of nitrogens with zero attached hydrogens (tertiary/aromatic N) is 1. The van der Waals surface area contributed by atoms with Gasteiger partial charge in [0.2, 0.25) is 5.91 Å². The maximum absolute atomic E-state index is 13.3. The molecule has 2 aromatic carbocycles. The number of halogens is 3. The van der Waals surface area contributed by atoms with E-state index in [1.165, 1.54) is 12.1 Å². The number of likely N-dealkylation sites (tertiary alicyclic amines) is 1. The summed E-state index contributed by atoms with van der Waals surface area (Å²) in [5.41, 5.74) is 0.475. The first-order valence-corrected chi connectivity index (χ1v) is 10.7. The number of hydrogen-bond acceptors (Lipinski definition) is 1. The van der Waals surface area contributed by atoms with Crippen LogP contribution in [0.2, 0.25) is 0 Å². The number of alkyl halides is 3. The molecule has 2 fully saturated rings. The highest BCUT2D eigenvalue weighted by atomic mass is 19.4. The van der Waals surface area contributed by atoms with Crippen LogP contribution in [0.5, 0.6) is 0 Å². The third-order valence-corrected chi connectivity index (χ3v) is 7.22. The number of piperidine rings is 1. The lowest BCUT2D eigenvalue weighted by atomic mass is 9.69. The molecule has 5 heteroatoms. The standard InChI is InChI=1S/C25H28F3NO/c1-23(2,20-9-6-10-21(17-20)25(26,27)28)18-11-15-29(16-12-18)22(30)24(13-14-24)19-7-4-3-5-8-19/h3-10,17-18H,11-16H2,1-2H3. The molecular formula is C25H28F3NO. The van der Waals surface area contributed by atoms with Gasteiger partial charge < -0.3 is 4.90 Å². The van der Waals surface area contributed by atoms with Crippen molar-refractivity contribution in [2.24, 2.45) is 5.92 Å². The Bertz CT molecular complexity index is 907. The molecule has 0 bridgehead atoms. The predicted octanol–water partition coefficient (Wildman–Crippen LogP) is 5.95. The zero-order chi connectivity index (χ0) is 21.6. The van der Waals surface area contributed by atoms with Crippen LogP contribution in [0.1, 0.15) is 56.2 Å². The second kappa shape index (κ2) is 7.44. The molecule has 1 amide bonds. The molecule has 0 unspecified atom stereocenters. The van der Waals surface area contributed by atoms with Gasteiger partial charge in [-0.3, -0.25) is 4.79 Å². The van der Waals surface area contributed by atoms with E-state index in [2.05, 4.69) is 0 Å². The van der Waals surface area contributed by atoms with Gasteiger partial charge >= 0.3 is 6.18 Å².